The van der Waals surface area contributed by atoms with Crippen LogP contribution in [0.5, 0.6) is 0 Å². The molecule has 0 bridgehead atoms. The highest BCUT2D eigenvalue weighted by Gasteiger charge is 2.36. The van der Waals surface area contributed by atoms with Gasteiger partial charge in [-0.05, 0) is 43.9 Å². The third-order valence-electron chi connectivity index (χ3n) is 7.05. The van der Waals surface area contributed by atoms with Crippen LogP contribution in [0.4, 0.5) is 5.82 Å². The van der Waals surface area contributed by atoms with Gasteiger partial charge in [0.15, 0.2) is 5.82 Å². The minimum atomic E-state index is -1.02. The van der Waals surface area contributed by atoms with E-state index in [0.29, 0.717) is 24.2 Å². The van der Waals surface area contributed by atoms with Gasteiger partial charge >= 0.3 is 5.97 Å². The molecule has 3 aliphatic rings. The first-order valence-corrected chi connectivity index (χ1v) is 10.8. The van der Waals surface area contributed by atoms with Crippen molar-refractivity contribution in [1.29, 1.82) is 0 Å². The van der Waals surface area contributed by atoms with Crippen LogP contribution in [0.2, 0.25) is 0 Å². The first-order valence-electron chi connectivity index (χ1n) is 10.8. The number of aliphatic imine (C=N–C) groups is 1. The molecule has 1 aliphatic heterocycles. The molecule has 0 saturated heterocycles. The maximum Gasteiger partial charge on any atom is 0.371 e. The third-order valence-corrected chi connectivity index (χ3v) is 7.05. The first kappa shape index (κ1) is 19.4. The van der Waals surface area contributed by atoms with Gasteiger partial charge in [-0.15, -0.1) is 0 Å². The number of aromatic nitrogens is 2. The van der Waals surface area contributed by atoms with Gasteiger partial charge in [-0.2, -0.15) is 0 Å². The fourth-order valence-corrected chi connectivity index (χ4v) is 4.90. The van der Waals surface area contributed by atoms with Crippen molar-refractivity contribution < 1.29 is 9.90 Å². The second-order valence-electron chi connectivity index (χ2n) is 9.07. The highest BCUT2D eigenvalue weighted by atomic mass is 16.4. The van der Waals surface area contributed by atoms with E-state index in [1.807, 2.05) is 6.92 Å². The molecule has 28 heavy (non-hydrogen) atoms. The minimum absolute atomic E-state index is 0.0375. The summed E-state index contributed by atoms with van der Waals surface area (Å²) in [5, 5.41) is 9.69. The van der Waals surface area contributed by atoms with E-state index in [2.05, 4.69) is 21.5 Å². The molecule has 1 atom stereocenters. The van der Waals surface area contributed by atoms with E-state index < -0.39 is 12.1 Å². The summed E-state index contributed by atoms with van der Waals surface area (Å²) >= 11 is 0. The van der Waals surface area contributed by atoms with Gasteiger partial charge in [-0.25, -0.2) is 14.8 Å². The van der Waals surface area contributed by atoms with Gasteiger partial charge in [-0.3, -0.25) is 0 Å². The van der Waals surface area contributed by atoms with Crippen LogP contribution in [0.25, 0.3) is 0 Å². The highest BCUT2D eigenvalue weighted by molar-refractivity contribution is 6.35. The van der Waals surface area contributed by atoms with Crippen molar-refractivity contribution in [2.24, 2.45) is 28.5 Å². The van der Waals surface area contributed by atoms with Gasteiger partial charge in [0.25, 0.3) is 0 Å². The Morgan fingerprint density at radius 1 is 1.18 bits per heavy atom. The molecule has 4 rings (SSSR count). The van der Waals surface area contributed by atoms with Crippen molar-refractivity contribution >= 4 is 17.6 Å². The largest absolute Gasteiger partial charge is 0.475 e. The van der Waals surface area contributed by atoms with Crippen molar-refractivity contribution in [2.45, 2.75) is 77.9 Å². The molecule has 7 nitrogen and oxygen atoms in total. The molecular weight excluding hydrogens is 354 g/mol. The van der Waals surface area contributed by atoms with Crippen molar-refractivity contribution in [2.75, 3.05) is 6.54 Å². The van der Waals surface area contributed by atoms with Gasteiger partial charge in [-0.1, -0.05) is 39.0 Å². The second-order valence-corrected chi connectivity index (χ2v) is 9.07. The molecule has 2 saturated carbocycles. The van der Waals surface area contributed by atoms with Crippen LogP contribution in [0.15, 0.2) is 4.99 Å². The topological polar surface area (TPSA) is 96.7 Å². The Hall–Kier alpha value is -1.89. The number of fused-ring (bicyclic) bond motifs is 1. The fraction of sp³-hybridized carbons (Fsp3) is 0.762. The number of carboxylic acids is 1. The van der Waals surface area contributed by atoms with Crippen LogP contribution in [0.3, 0.4) is 0 Å². The monoisotopic (exact) mass is 387 g/mol. The lowest BCUT2D eigenvalue weighted by atomic mass is 9.83. The average molecular weight is 388 g/mol. The smallest absolute Gasteiger partial charge is 0.371 e. The summed E-state index contributed by atoms with van der Waals surface area (Å²) in [6.07, 6.45) is 9.27. The van der Waals surface area contributed by atoms with E-state index in [4.69, 9.17) is 5.73 Å². The quantitative estimate of drug-likeness (QED) is 0.777. The number of carbonyl (C=O) groups is 1. The lowest BCUT2D eigenvalue weighted by Gasteiger charge is -2.36. The van der Waals surface area contributed by atoms with Crippen LogP contribution in [0, 0.1) is 24.7 Å². The Morgan fingerprint density at radius 3 is 2.50 bits per heavy atom. The first-order chi connectivity index (χ1) is 13.4. The van der Waals surface area contributed by atoms with E-state index in [1.54, 1.807) is 4.90 Å². The lowest BCUT2D eigenvalue weighted by Crippen LogP contribution is -2.47. The Labute approximate surface area is 167 Å². The van der Waals surface area contributed by atoms with Gasteiger partial charge in [0.2, 0.25) is 5.84 Å². The number of aryl methyl sites for hydroxylation is 1. The summed E-state index contributed by atoms with van der Waals surface area (Å²) in [5.74, 6) is 2.53. The molecule has 0 spiro atoms. The number of imidazole rings is 1. The highest BCUT2D eigenvalue weighted by Crippen LogP contribution is 2.37. The third kappa shape index (κ3) is 3.69. The van der Waals surface area contributed by atoms with E-state index in [-0.39, 0.29) is 5.84 Å². The Balaban J connectivity index is 1.58. The number of amidine groups is 1. The van der Waals surface area contributed by atoms with Crippen LogP contribution in [0.1, 0.15) is 76.0 Å². The van der Waals surface area contributed by atoms with Gasteiger partial charge in [0.05, 0.1) is 0 Å². The summed E-state index contributed by atoms with van der Waals surface area (Å²) in [7, 11) is 0. The Bertz CT molecular complexity index is 759. The zero-order chi connectivity index (χ0) is 19.8. The summed E-state index contributed by atoms with van der Waals surface area (Å²) in [6, 6.07) is 0. The molecule has 0 amide bonds. The predicted molar refractivity (Wildman–Crippen MR) is 108 cm³/mol. The normalized spacial score (nSPS) is 27.9. The second kappa shape index (κ2) is 7.85. The number of rotatable bonds is 6. The van der Waals surface area contributed by atoms with Gasteiger partial charge < -0.3 is 20.3 Å². The van der Waals surface area contributed by atoms with E-state index in [0.717, 1.165) is 30.4 Å². The molecule has 0 radical (unpaired) electrons. The molecular formula is C21H33N5O2. The summed E-state index contributed by atoms with van der Waals surface area (Å²) < 4.78 is 2.21. The van der Waals surface area contributed by atoms with E-state index in [1.165, 1.54) is 44.9 Å². The number of aliphatic carboxylic acids is 1. The summed E-state index contributed by atoms with van der Waals surface area (Å²) in [5.41, 5.74) is 7.51. The maximum absolute atomic E-state index is 11.8. The molecule has 1 unspecified atom stereocenters. The Morgan fingerprint density at radius 2 is 1.89 bits per heavy atom. The zero-order valence-electron chi connectivity index (χ0n) is 17.1. The number of nitrogens with two attached hydrogens (primary N) is 1. The standard InChI is InChI=1S/C21H33N5O2/c1-13-6-8-16(9-7-13)12-26-14(2)23-19-17(26)18(22)25(20(24-19)21(27)28)11-10-15-4-3-5-15/h13,15-16,18H,3-12,22H2,1-2H3,(H,27,28)/t13-,16-,18?. The molecule has 2 fully saturated rings. The molecule has 2 heterocycles. The fourth-order valence-electron chi connectivity index (χ4n) is 4.90. The molecule has 0 aromatic carbocycles. The number of hydrogen-bond donors (Lipinski definition) is 2. The average Bonchev–Trinajstić information content (AvgIpc) is 2.92. The molecule has 1 aromatic rings. The van der Waals surface area contributed by atoms with Crippen molar-refractivity contribution in [3.8, 4) is 0 Å². The SMILES string of the molecule is Cc1nc2c(n1C[C@H]1CC[C@H](C)CC1)C(N)N(CCC1CCC1)C(C(=O)O)=N2. The predicted octanol–water partition coefficient (Wildman–Crippen LogP) is 3.60. The molecule has 3 N–H and O–H groups in total. The molecule has 2 aliphatic carbocycles. The van der Waals surface area contributed by atoms with Crippen molar-refractivity contribution in [3.63, 3.8) is 0 Å². The maximum atomic E-state index is 11.8. The Kier molecular flexibility index (Phi) is 5.45. The minimum Gasteiger partial charge on any atom is -0.475 e. The van der Waals surface area contributed by atoms with Crippen LogP contribution in [-0.4, -0.2) is 37.9 Å². The van der Waals surface area contributed by atoms with Crippen molar-refractivity contribution in [3.05, 3.63) is 11.5 Å². The van der Waals surface area contributed by atoms with Crippen LogP contribution in [-0.2, 0) is 11.3 Å². The lowest BCUT2D eigenvalue weighted by molar-refractivity contribution is -0.130. The van der Waals surface area contributed by atoms with Crippen molar-refractivity contribution in [1.82, 2.24) is 14.5 Å². The molecule has 154 valence electrons. The van der Waals surface area contributed by atoms with Gasteiger partial charge in [0, 0.05) is 13.1 Å². The molecule has 7 heteroatoms. The van der Waals surface area contributed by atoms with E-state index in [9.17, 15) is 9.90 Å². The van der Waals surface area contributed by atoms with E-state index >= 15 is 0 Å². The number of carboxylic acid groups (broad SMARTS) is 1. The number of nitrogens with zero attached hydrogens (tertiary/aromatic N) is 4. The zero-order valence-corrected chi connectivity index (χ0v) is 17.1. The summed E-state index contributed by atoms with van der Waals surface area (Å²) in [6.45, 7) is 5.86. The van der Waals surface area contributed by atoms with Crippen LogP contribution >= 0.6 is 0 Å². The number of hydrogen-bond acceptors (Lipinski definition) is 5. The van der Waals surface area contributed by atoms with Crippen LogP contribution < -0.4 is 5.73 Å². The van der Waals surface area contributed by atoms with Gasteiger partial charge in [0.1, 0.15) is 17.7 Å². The summed E-state index contributed by atoms with van der Waals surface area (Å²) in [4.78, 5) is 22.6. The molecule has 1 aromatic heterocycles.